The van der Waals surface area contributed by atoms with Crippen molar-refractivity contribution >= 4 is 24.6 Å². The van der Waals surface area contributed by atoms with Crippen molar-refractivity contribution in [3.05, 3.63) is 0 Å². The summed E-state index contributed by atoms with van der Waals surface area (Å²) in [5.41, 5.74) is 0. The Morgan fingerprint density at radius 2 is 2.07 bits per heavy atom. The molecule has 0 aromatic heterocycles. The summed E-state index contributed by atoms with van der Waals surface area (Å²) in [6, 6.07) is -0.0240. The zero-order valence-electron chi connectivity index (χ0n) is 8.48. The smallest absolute Gasteiger partial charge is 0.317 e. The highest BCUT2D eigenvalue weighted by molar-refractivity contribution is 7.81. The van der Waals surface area contributed by atoms with Crippen molar-refractivity contribution in [3.63, 3.8) is 0 Å². The van der Waals surface area contributed by atoms with Crippen LogP contribution in [0.25, 0.3) is 0 Å². The lowest BCUT2D eigenvalue weighted by atomic mass is 10.4. The molecule has 0 saturated carbocycles. The summed E-state index contributed by atoms with van der Waals surface area (Å²) in [5.74, 6) is 0.148. The Morgan fingerprint density at radius 3 is 2.60 bits per heavy atom. The standard InChI is InChI=1S/C9H15N3O2S/c13-8-5-7(15)6-12(8)4-3-11-2-1-10-9(11)14/h7,15H,1-6H2,(H,10,14). The molecule has 2 aliphatic rings. The quantitative estimate of drug-likeness (QED) is 0.644. The Hall–Kier alpha value is -0.910. The molecular formula is C9H15N3O2S. The molecule has 2 heterocycles. The number of likely N-dealkylation sites (tertiary alicyclic amines) is 1. The molecule has 0 spiro atoms. The largest absolute Gasteiger partial charge is 0.340 e. The molecule has 0 bridgehead atoms. The zero-order chi connectivity index (χ0) is 10.8. The number of hydrogen-bond acceptors (Lipinski definition) is 3. The lowest BCUT2D eigenvalue weighted by Gasteiger charge is -2.20. The highest BCUT2D eigenvalue weighted by Crippen LogP contribution is 2.15. The fourth-order valence-corrected chi connectivity index (χ4v) is 2.29. The van der Waals surface area contributed by atoms with Gasteiger partial charge in [0.05, 0.1) is 0 Å². The lowest BCUT2D eigenvalue weighted by Crippen LogP contribution is -2.37. The summed E-state index contributed by atoms with van der Waals surface area (Å²) < 4.78 is 0. The second-order valence-electron chi connectivity index (χ2n) is 3.92. The van der Waals surface area contributed by atoms with Crippen LogP contribution in [0.2, 0.25) is 0 Å². The molecule has 2 rings (SSSR count). The van der Waals surface area contributed by atoms with Crippen LogP contribution in [-0.4, -0.2) is 59.7 Å². The van der Waals surface area contributed by atoms with Crippen molar-refractivity contribution in [2.45, 2.75) is 11.7 Å². The molecule has 0 aromatic rings. The molecule has 2 aliphatic heterocycles. The number of carbonyl (C=O) groups is 2. The Bertz CT molecular complexity index is 285. The van der Waals surface area contributed by atoms with Crippen LogP contribution in [0.15, 0.2) is 0 Å². The van der Waals surface area contributed by atoms with Crippen LogP contribution in [0.1, 0.15) is 6.42 Å². The van der Waals surface area contributed by atoms with E-state index in [-0.39, 0.29) is 17.2 Å². The number of thiol groups is 1. The van der Waals surface area contributed by atoms with Gasteiger partial charge in [-0.25, -0.2) is 4.79 Å². The number of rotatable bonds is 3. The average molecular weight is 229 g/mol. The number of urea groups is 1. The van der Waals surface area contributed by atoms with E-state index in [0.717, 1.165) is 6.54 Å². The monoisotopic (exact) mass is 229 g/mol. The summed E-state index contributed by atoms with van der Waals surface area (Å²) in [6.07, 6.45) is 0.523. The summed E-state index contributed by atoms with van der Waals surface area (Å²) in [6.45, 7) is 3.41. The normalized spacial score (nSPS) is 26.3. The van der Waals surface area contributed by atoms with Crippen LogP contribution in [0.5, 0.6) is 0 Å². The van der Waals surface area contributed by atoms with Crippen molar-refractivity contribution in [1.29, 1.82) is 0 Å². The molecule has 1 atom stereocenters. The number of carbonyl (C=O) groups excluding carboxylic acids is 2. The predicted molar refractivity (Wildman–Crippen MR) is 58.9 cm³/mol. The Kier molecular flexibility index (Phi) is 3.04. The molecule has 5 nitrogen and oxygen atoms in total. The van der Waals surface area contributed by atoms with E-state index in [9.17, 15) is 9.59 Å². The number of nitrogens with one attached hydrogen (secondary N) is 1. The molecule has 1 unspecified atom stereocenters. The molecule has 0 radical (unpaired) electrons. The van der Waals surface area contributed by atoms with Crippen molar-refractivity contribution in [2.75, 3.05) is 32.7 Å². The molecule has 0 aliphatic carbocycles. The topological polar surface area (TPSA) is 52.7 Å². The van der Waals surface area contributed by atoms with Crippen LogP contribution >= 0.6 is 12.6 Å². The second-order valence-corrected chi connectivity index (χ2v) is 4.65. The first-order valence-corrected chi connectivity index (χ1v) is 5.67. The van der Waals surface area contributed by atoms with Crippen molar-refractivity contribution in [2.24, 2.45) is 0 Å². The van der Waals surface area contributed by atoms with E-state index in [0.29, 0.717) is 32.6 Å². The second kappa shape index (κ2) is 4.30. The molecular weight excluding hydrogens is 214 g/mol. The first-order valence-electron chi connectivity index (χ1n) is 5.15. The van der Waals surface area contributed by atoms with Crippen molar-refractivity contribution in [3.8, 4) is 0 Å². The van der Waals surface area contributed by atoms with E-state index < -0.39 is 0 Å². The number of amides is 3. The summed E-state index contributed by atoms with van der Waals surface area (Å²) >= 11 is 4.28. The van der Waals surface area contributed by atoms with Crippen LogP contribution < -0.4 is 5.32 Å². The van der Waals surface area contributed by atoms with Gasteiger partial charge in [-0.15, -0.1) is 0 Å². The van der Waals surface area contributed by atoms with Crippen LogP contribution in [0.4, 0.5) is 4.79 Å². The van der Waals surface area contributed by atoms with Gasteiger partial charge in [0.2, 0.25) is 5.91 Å². The van der Waals surface area contributed by atoms with Crippen LogP contribution in [0.3, 0.4) is 0 Å². The summed E-state index contributed by atoms with van der Waals surface area (Å²) in [7, 11) is 0. The minimum atomic E-state index is -0.0240. The molecule has 2 saturated heterocycles. The van der Waals surface area contributed by atoms with Crippen molar-refractivity contribution in [1.82, 2.24) is 15.1 Å². The van der Waals surface area contributed by atoms with Crippen LogP contribution in [-0.2, 0) is 4.79 Å². The minimum absolute atomic E-state index is 0.0240. The van der Waals surface area contributed by atoms with Gasteiger partial charge < -0.3 is 15.1 Å². The third kappa shape index (κ3) is 2.37. The van der Waals surface area contributed by atoms with Gasteiger partial charge in [0.15, 0.2) is 0 Å². The van der Waals surface area contributed by atoms with E-state index in [1.54, 1.807) is 9.80 Å². The molecule has 1 N–H and O–H groups in total. The zero-order valence-corrected chi connectivity index (χ0v) is 9.37. The van der Waals surface area contributed by atoms with Gasteiger partial charge in [-0.05, 0) is 0 Å². The first-order chi connectivity index (χ1) is 7.16. The summed E-state index contributed by atoms with van der Waals surface area (Å²) in [5, 5.41) is 2.89. The molecule has 6 heteroatoms. The highest BCUT2D eigenvalue weighted by atomic mass is 32.1. The van der Waals surface area contributed by atoms with E-state index >= 15 is 0 Å². The van der Waals surface area contributed by atoms with Gasteiger partial charge in [0.1, 0.15) is 0 Å². The van der Waals surface area contributed by atoms with E-state index in [1.165, 1.54) is 0 Å². The lowest BCUT2D eigenvalue weighted by molar-refractivity contribution is -0.127. The number of nitrogens with zero attached hydrogens (tertiary/aromatic N) is 2. The first kappa shape index (κ1) is 10.6. The SMILES string of the molecule is O=C1CC(S)CN1CCN1CCNC1=O. The van der Waals surface area contributed by atoms with Gasteiger partial charge >= 0.3 is 6.03 Å². The average Bonchev–Trinajstić information content (AvgIpc) is 2.70. The van der Waals surface area contributed by atoms with Crippen molar-refractivity contribution < 1.29 is 9.59 Å². The summed E-state index contributed by atoms with van der Waals surface area (Å²) in [4.78, 5) is 26.2. The van der Waals surface area contributed by atoms with Gasteiger partial charge in [-0.2, -0.15) is 12.6 Å². The molecule has 3 amide bonds. The minimum Gasteiger partial charge on any atom is -0.340 e. The fourth-order valence-electron chi connectivity index (χ4n) is 1.93. The van der Waals surface area contributed by atoms with E-state index in [1.807, 2.05) is 0 Å². The van der Waals surface area contributed by atoms with Crippen LogP contribution in [0, 0.1) is 0 Å². The van der Waals surface area contributed by atoms with E-state index in [4.69, 9.17) is 0 Å². The molecule has 2 fully saturated rings. The fraction of sp³-hybridized carbons (Fsp3) is 0.778. The predicted octanol–water partition coefficient (Wildman–Crippen LogP) is -0.458. The van der Waals surface area contributed by atoms with E-state index in [2.05, 4.69) is 17.9 Å². The Morgan fingerprint density at radius 1 is 1.33 bits per heavy atom. The number of hydrogen-bond donors (Lipinski definition) is 2. The molecule has 0 aromatic carbocycles. The maximum atomic E-state index is 11.4. The van der Waals surface area contributed by atoms with Gasteiger partial charge in [-0.3, -0.25) is 4.79 Å². The third-order valence-corrected chi connectivity index (χ3v) is 3.12. The highest BCUT2D eigenvalue weighted by Gasteiger charge is 2.28. The third-order valence-electron chi connectivity index (χ3n) is 2.78. The van der Waals surface area contributed by atoms with Gasteiger partial charge in [0, 0.05) is 44.4 Å². The maximum absolute atomic E-state index is 11.4. The Labute approximate surface area is 94.2 Å². The Balaban J connectivity index is 1.78. The van der Waals surface area contributed by atoms with Gasteiger partial charge in [-0.1, -0.05) is 0 Å². The maximum Gasteiger partial charge on any atom is 0.317 e. The molecule has 15 heavy (non-hydrogen) atoms. The van der Waals surface area contributed by atoms with Gasteiger partial charge in [0.25, 0.3) is 0 Å². The molecule has 84 valence electrons.